The highest BCUT2D eigenvalue weighted by Gasteiger charge is 2.24. The summed E-state index contributed by atoms with van der Waals surface area (Å²) in [7, 11) is 0. The van der Waals surface area contributed by atoms with Gasteiger partial charge in [-0.1, -0.05) is 28.9 Å². The van der Waals surface area contributed by atoms with Crippen molar-refractivity contribution in [3.8, 4) is 0 Å². The average Bonchev–Trinajstić information content (AvgIpc) is 3.02. The molecule has 1 saturated heterocycles. The Labute approximate surface area is 145 Å². The van der Waals surface area contributed by atoms with Crippen LogP contribution in [0.25, 0.3) is 0 Å². The predicted molar refractivity (Wildman–Crippen MR) is 90.2 cm³/mol. The molecule has 3 rings (SSSR count). The molecule has 0 radical (unpaired) electrons. The van der Waals surface area contributed by atoms with E-state index in [1.807, 2.05) is 24.3 Å². The van der Waals surface area contributed by atoms with E-state index in [2.05, 4.69) is 15.4 Å². The van der Waals surface area contributed by atoms with Crippen molar-refractivity contribution in [3.05, 3.63) is 52.4 Å². The number of carbonyl (C=O) groups excluding carboxylic acids is 1. The normalized spacial score (nSPS) is 16.8. The van der Waals surface area contributed by atoms with Crippen LogP contribution >= 0.6 is 11.6 Å². The fraction of sp³-hybridized carbons (Fsp3) is 0.412. The molecule has 7 heteroatoms. The van der Waals surface area contributed by atoms with Crippen molar-refractivity contribution in [2.75, 3.05) is 32.8 Å². The van der Waals surface area contributed by atoms with Crippen LogP contribution in [0, 0.1) is 6.92 Å². The lowest BCUT2D eigenvalue weighted by atomic mass is 10.0. The Morgan fingerprint density at radius 1 is 1.38 bits per heavy atom. The maximum absolute atomic E-state index is 12.2. The molecule has 0 spiro atoms. The number of amides is 1. The summed E-state index contributed by atoms with van der Waals surface area (Å²) in [6.45, 7) is 5.23. The summed E-state index contributed by atoms with van der Waals surface area (Å²) < 4.78 is 10.4. The second-order valence-electron chi connectivity index (χ2n) is 5.75. The monoisotopic (exact) mass is 349 g/mol. The molecule has 1 N–H and O–H groups in total. The number of nitrogens with zero attached hydrogens (tertiary/aromatic N) is 2. The summed E-state index contributed by atoms with van der Waals surface area (Å²) in [5, 5.41) is 7.38. The Hall–Kier alpha value is -1.89. The van der Waals surface area contributed by atoms with E-state index in [1.54, 1.807) is 13.0 Å². The van der Waals surface area contributed by atoms with Crippen LogP contribution in [0.5, 0.6) is 0 Å². The molecular weight excluding hydrogens is 330 g/mol. The Morgan fingerprint density at radius 3 is 2.83 bits per heavy atom. The number of carbonyl (C=O) groups is 1. The average molecular weight is 350 g/mol. The van der Waals surface area contributed by atoms with Gasteiger partial charge in [-0.3, -0.25) is 9.69 Å². The molecule has 2 aromatic rings. The molecule has 1 aliphatic rings. The van der Waals surface area contributed by atoms with Crippen LogP contribution in [0.3, 0.4) is 0 Å². The van der Waals surface area contributed by atoms with E-state index in [1.165, 1.54) is 0 Å². The highest BCUT2D eigenvalue weighted by atomic mass is 35.5. The lowest BCUT2D eigenvalue weighted by molar-refractivity contribution is 0.0162. The quantitative estimate of drug-likeness (QED) is 0.898. The second kappa shape index (κ2) is 7.79. The standard InChI is InChI=1S/C17H20ClN3O3/c1-12-9-15(20-24-12)17(22)19-11-16(21-5-7-23-8-6-21)13-3-2-4-14(18)10-13/h2-4,9-10,16H,5-8,11H2,1H3,(H,19,22)/t16-/m1/s1. The molecule has 0 bridgehead atoms. The fourth-order valence-electron chi connectivity index (χ4n) is 2.81. The molecule has 1 aromatic carbocycles. The minimum atomic E-state index is -0.243. The van der Waals surface area contributed by atoms with E-state index in [0.29, 0.717) is 36.2 Å². The van der Waals surface area contributed by atoms with Crippen molar-refractivity contribution in [2.24, 2.45) is 0 Å². The lowest BCUT2D eigenvalue weighted by Gasteiger charge is -2.35. The van der Waals surface area contributed by atoms with Crippen molar-refractivity contribution >= 4 is 17.5 Å². The van der Waals surface area contributed by atoms with Crippen molar-refractivity contribution in [1.29, 1.82) is 0 Å². The van der Waals surface area contributed by atoms with Crippen LogP contribution < -0.4 is 5.32 Å². The number of hydrogen-bond donors (Lipinski definition) is 1. The molecule has 1 fully saturated rings. The van der Waals surface area contributed by atoms with E-state index >= 15 is 0 Å². The van der Waals surface area contributed by atoms with Gasteiger partial charge in [-0.2, -0.15) is 0 Å². The van der Waals surface area contributed by atoms with E-state index in [-0.39, 0.29) is 11.9 Å². The molecule has 128 valence electrons. The van der Waals surface area contributed by atoms with Gasteiger partial charge in [0.05, 0.1) is 19.3 Å². The molecular formula is C17H20ClN3O3. The lowest BCUT2D eigenvalue weighted by Crippen LogP contribution is -2.43. The summed E-state index contributed by atoms with van der Waals surface area (Å²) >= 11 is 6.14. The summed E-state index contributed by atoms with van der Waals surface area (Å²) in [5.74, 6) is 0.367. The number of rotatable bonds is 5. The summed E-state index contributed by atoms with van der Waals surface area (Å²) in [6.07, 6.45) is 0. The van der Waals surface area contributed by atoms with Crippen LogP contribution in [-0.4, -0.2) is 48.8 Å². The zero-order valence-electron chi connectivity index (χ0n) is 13.5. The Bertz CT molecular complexity index is 698. The molecule has 6 nitrogen and oxygen atoms in total. The first-order chi connectivity index (χ1) is 11.6. The van der Waals surface area contributed by atoms with Gasteiger partial charge in [0.15, 0.2) is 5.69 Å². The molecule has 1 aliphatic heterocycles. The molecule has 1 amide bonds. The molecule has 0 aliphatic carbocycles. The fourth-order valence-corrected chi connectivity index (χ4v) is 3.01. The number of morpholine rings is 1. The number of hydrogen-bond acceptors (Lipinski definition) is 5. The topological polar surface area (TPSA) is 67.6 Å². The van der Waals surface area contributed by atoms with Crippen LogP contribution in [0.2, 0.25) is 5.02 Å². The van der Waals surface area contributed by atoms with Crippen molar-refractivity contribution in [3.63, 3.8) is 0 Å². The van der Waals surface area contributed by atoms with Crippen LogP contribution in [0.15, 0.2) is 34.9 Å². The van der Waals surface area contributed by atoms with Crippen molar-refractivity contribution in [1.82, 2.24) is 15.4 Å². The minimum Gasteiger partial charge on any atom is -0.379 e. The van der Waals surface area contributed by atoms with Gasteiger partial charge in [0.2, 0.25) is 0 Å². The zero-order valence-corrected chi connectivity index (χ0v) is 14.3. The Kier molecular flexibility index (Phi) is 5.50. The van der Waals surface area contributed by atoms with Gasteiger partial charge in [-0.05, 0) is 24.6 Å². The van der Waals surface area contributed by atoms with Gasteiger partial charge < -0.3 is 14.6 Å². The van der Waals surface area contributed by atoms with E-state index in [4.69, 9.17) is 20.9 Å². The zero-order chi connectivity index (χ0) is 16.9. The summed E-state index contributed by atoms with van der Waals surface area (Å²) in [5.41, 5.74) is 1.36. The summed E-state index contributed by atoms with van der Waals surface area (Å²) in [6, 6.07) is 9.39. The van der Waals surface area contributed by atoms with Gasteiger partial charge in [0.1, 0.15) is 5.76 Å². The van der Waals surface area contributed by atoms with Gasteiger partial charge in [-0.15, -0.1) is 0 Å². The predicted octanol–water partition coefficient (Wildman–Crippen LogP) is 2.44. The van der Waals surface area contributed by atoms with Gasteiger partial charge >= 0.3 is 0 Å². The molecule has 1 atom stereocenters. The minimum absolute atomic E-state index is 0.0320. The number of aryl methyl sites for hydroxylation is 1. The Morgan fingerprint density at radius 2 is 2.17 bits per heavy atom. The van der Waals surface area contributed by atoms with E-state index < -0.39 is 0 Å². The van der Waals surface area contributed by atoms with E-state index in [9.17, 15) is 4.79 Å². The SMILES string of the molecule is Cc1cc(C(=O)NC[C@H](c2cccc(Cl)c2)N2CCOCC2)no1. The maximum Gasteiger partial charge on any atom is 0.273 e. The molecule has 0 unspecified atom stereocenters. The first-order valence-electron chi connectivity index (χ1n) is 7.92. The van der Waals surface area contributed by atoms with Crippen LogP contribution in [-0.2, 0) is 4.74 Å². The van der Waals surface area contributed by atoms with Crippen LogP contribution in [0.4, 0.5) is 0 Å². The molecule has 2 heterocycles. The number of benzene rings is 1. The second-order valence-corrected chi connectivity index (χ2v) is 6.19. The number of ether oxygens (including phenoxy) is 1. The largest absolute Gasteiger partial charge is 0.379 e. The Balaban J connectivity index is 1.73. The van der Waals surface area contributed by atoms with Crippen molar-refractivity contribution < 1.29 is 14.1 Å². The van der Waals surface area contributed by atoms with Gasteiger partial charge in [-0.25, -0.2) is 0 Å². The number of halogens is 1. The highest BCUT2D eigenvalue weighted by molar-refractivity contribution is 6.30. The summed E-state index contributed by atoms with van der Waals surface area (Å²) in [4.78, 5) is 14.5. The third-order valence-electron chi connectivity index (χ3n) is 4.04. The highest BCUT2D eigenvalue weighted by Crippen LogP contribution is 2.24. The molecule has 0 saturated carbocycles. The molecule has 1 aromatic heterocycles. The molecule has 24 heavy (non-hydrogen) atoms. The maximum atomic E-state index is 12.2. The smallest absolute Gasteiger partial charge is 0.273 e. The van der Waals surface area contributed by atoms with E-state index in [0.717, 1.165) is 18.7 Å². The number of aromatic nitrogens is 1. The third-order valence-corrected chi connectivity index (χ3v) is 4.27. The third kappa shape index (κ3) is 4.14. The first kappa shape index (κ1) is 17.0. The van der Waals surface area contributed by atoms with Gasteiger partial charge in [0.25, 0.3) is 5.91 Å². The first-order valence-corrected chi connectivity index (χ1v) is 8.30. The van der Waals surface area contributed by atoms with Crippen molar-refractivity contribution in [2.45, 2.75) is 13.0 Å². The van der Waals surface area contributed by atoms with Gasteiger partial charge in [0, 0.05) is 30.7 Å². The number of nitrogens with one attached hydrogen (secondary N) is 1. The van der Waals surface area contributed by atoms with Crippen LogP contribution in [0.1, 0.15) is 27.9 Å².